The third-order valence-electron chi connectivity index (χ3n) is 5.58. The highest BCUT2D eigenvalue weighted by Crippen LogP contribution is 2.45. The lowest BCUT2D eigenvalue weighted by Gasteiger charge is -2.49. The van der Waals surface area contributed by atoms with Crippen molar-refractivity contribution in [3.63, 3.8) is 0 Å². The number of carbonyl (C=O) groups is 1. The van der Waals surface area contributed by atoms with E-state index in [1.807, 2.05) is 0 Å². The molecular formula is C17H22N2O4S. The van der Waals surface area contributed by atoms with E-state index in [9.17, 15) is 13.2 Å². The van der Waals surface area contributed by atoms with Crippen LogP contribution in [0, 0.1) is 11.8 Å². The predicted molar refractivity (Wildman–Crippen MR) is 88.3 cm³/mol. The third-order valence-corrected chi connectivity index (χ3v) is 8.18. The first-order chi connectivity index (χ1) is 11.5. The summed E-state index contributed by atoms with van der Waals surface area (Å²) in [6, 6.07) is 3.42. The summed E-state index contributed by atoms with van der Waals surface area (Å²) >= 11 is 0. The zero-order valence-electron chi connectivity index (χ0n) is 13.6. The first-order valence-corrected chi connectivity index (χ1v) is 10.2. The molecule has 1 atom stereocenters. The van der Waals surface area contributed by atoms with Crippen molar-refractivity contribution in [1.82, 2.24) is 9.88 Å². The van der Waals surface area contributed by atoms with Crippen molar-refractivity contribution in [3.05, 3.63) is 30.1 Å². The van der Waals surface area contributed by atoms with Gasteiger partial charge in [0.2, 0.25) is 0 Å². The molecule has 2 aliphatic heterocycles. The molecule has 3 aliphatic rings. The number of ether oxygens (including phenoxy) is 1. The fraction of sp³-hybridized carbons (Fsp3) is 0.647. The Kier molecular flexibility index (Phi) is 3.88. The van der Waals surface area contributed by atoms with Crippen LogP contribution in [0.2, 0.25) is 0 Å². The van der Waals surface area contributed by atoms with Crippen LogP contribution in [0.5, 0.6) is 0 Å². The number of pyridine rings is 1. The van der Waals surface area contributed by atoms with Gasteiger partial charge in [-0.1, -0.05) is 0 Å². The number of nitrogens with zero attached hydrogens (tertiary/aromatic N) is 2. The smallest absolute Gasteiger partial charge is 0.255 e. The minimum absolute atomic E-state index is 0.000742. The molecule has 0 unspecified atom stereocenters. The number of rotatable bonds is 5. The molecule has 1 aromatic heterocycles. The molecule has 3 heterocycles. The van der Waals surface area contributed by atoms with Crippen LogP contribution in [0.15, 0.2) is 24.5 Å². The molecule has 2 saturated heterocycles. The van der Waals surface area contributed by atoms with Crippen LogP contribution < -0.4 is 0 Å². The topological polar surface area (TPSA) is 76.6 Å². The molecule has 1 saturated carbocycles. The Bertz CT molecular complexity index is 724. The lowest BCUT2D eigenvalue weighted by Crippen LogP contribution is -2.68. The molecule has 1 amide bonds. The quantitative estimate of drug-likeness (QED) is 0.796. The summed E-state index contributed by atoms with van der Waals surface area (Å²) in [6.07, 6.45) is 6.22. The summed E-state index contributed by atoms with van der Waals surface area (Å²) in [5.74, 6) is 0.732. The summed E-state index contributed by atoms with van der Waals surface area (Å²) in [5, 5.41) is 0. The second-order valence-corrected chi connectivity index (χ2v) is 9.70. The van der Waals surface area contributed by atoms with Crippen LogP contribution >= 0.6 is 0 Å². The maximum absolute atomic E-state index is 12.6. The van der Waals surface area contributed by atoms with Crippen LogP contribution in [-0.2, 0) is 14.6 Å². The lowest BCUT2D eigenvalue weighted by molar-refractivity contribution is 0.0228. The zero-order chi connectivity index (χ0) is 16.8. The third kappa shape index (κ3) is 2.63. The van der Waals surface area contributed by atoms with E-state index in [1.54, 1.807) is 23.2 Å². The van der Waals surface area contributed by atoms with E-state index in [1.165, 1.54) is 19.0 Å². The van der Waals surface area contributed by atoms with Crippen LogP contribution in [-0.4, -0.2) is 61.0 Å². The fourth-order valence-corrected chi connectivity index (χ4v) is 6.18. The molecule has 24 heavy (non-hydrogen) atoms. The molecule has 130 valence electrons. The number of carbonyl (C=O) groups excluding carboxylic acids is 1. The van der Waals surface area contributed by atoms with E-state index < -0.39 is 14.6 Å². The van der Waals surface area contributed by atoms with Crippen molar-refractivity contribution in [3.8, 4) is 0 Å². The van der Waals surface area contributed by atoms with Crippen molar-refractivity contribution >= 4 is 15.7 Å². The fourth-order valence-electron chi connectivity index (χ4n) is 3.78. The maximum Gasteiger partial charge on any atom is 0.255 e. The van der Waals surface area contributed by atoms with Crippen LogP contribution in [0.1, 0.15) is 29.6 Å². The number of hydrogen-bond donors (Lipinski definition) is 0. The average molecular weight is 350 g/mol. The molecular weight excluding hydrogens is 328 g/mol. The van der Waals surface area contributed by atoms with Gasteiger partial charge in [-0.15, -0.1) is 0 Å². The van der Waals surface area contributed by atoms with Gasteiger partial charge in [-0.25, -0.2) is 8.42 Å². The summed E-state index contributed by atoms with van der Waals surface area (Å²) in [6.45, 7) is 1.79. The number of aromatic nitrogens is 1. The standard InChI is InChI=1S/C17H22N2O4S/c20-16(14-2-1-6-18-8-14)19-11-17(12-19)15(5-7-24(17,21)22)10-23-9-13-3-4-13/h1-2,6,8,13,15H,3-5,7,9-12H2/t15-/m1/s1. The molecule has 4 rings (SSSR count). The number of likely N-dealkylation sites (tertiary alicyclic amines) is 1. The Morgan fingerprint density at radius 2 is 2.08 bits per heavy atom. The van der Waals surface area contributed by atoms with E-state index in [0.717, 1.165) is 6.61 Å². The minimum atomic E-state index is -3.17. The Balaban J connectivity index is 1.43. The van der Waals surface area contributed by atoms with Crippen molar-refractivity contribution < 1.29 is 17.9 Å². The van der Waals surface area contributed by atoms with Gasteiger partial charge in [0.25, 0.3) is 5.91 Å². The normalized spacial score (nSPS) is 27.2. The molecule has 0 bridgehead atoms. The van der Waals surface area contributed by atoms with E-state index >= 15 is 0 Å². The van der Waals surface area contributed by atoms with Crippen LogP contribution in [0.3, 0.4) is 0 Å². The monoisotopic (exact) mass is 350 g/mol. The molecule has 6 nitrogen and oxygen atoms in total. The molecule has 1 spiro atoms. The van der Waals surface area contributed by atoms with Gasteiger partial charge in [0.05, 0.1) is 17.9 Å². The van der Waals surface area contributed by atoms with Crippen molar-refractivity contribution in [2.75, 3.05) is 32.1 Å². The van der Waals surface area contributed by atoms with Gasteiger partial charge in [-0.05, 0) is 37.3 Å². The molecule has 1 aromatic rings. The van der Waals surface area contributed by atoms with E-state index in [0.29, 0.717) is 24.5 Å². The Morgan fingerprint density at radius 3 is 2.75 bits per heavy atom. The van der Waals surface area contributed by atoms with E-state index in [2.05, 4.69) is 4.98 Å². The Labute approximate surface area is 142 Å². The highest BCUT2D eigenvalue weighted by Gasteiger charge is 2.62. The molecule has 3 fully saturated rings. The summed E-state index contributed by atoms with van der Waals surface area (Å²) in [4.78, 5) is 18.0. The zero-order valence-corrected chi connectivity index (χ0v) is 14.4. The molecule has 0 N–H and O–H groups in total. The van der Waals surface area contributed by atoms with E-state index in [-0.39, 0.29) is 30.7 Å². The minimum Gasteiger partial charge on any atom is -0.381 e. The predicted octanol–water partition coefficient (Wildman–Crippen LogP) is 1.14. The lowest BCUT2D eigenvalue weighted by atomic mass is 9.83. The second-order valence-electron chi connectivity index (χ2n) is 7.25. The molecule has 1 aliphatic carbocycles. The van der Waals surface area contributed by atoms with Gasteiger partial charge in [-0.3, -0.25) is 9.78 Å². The summed E-state index contributed by atoms with van der Waals surface area (Å²) in [5.41, 5.74) is 0.504. The van der Waals surface area contributed by atoms with Gasteiger partial charge in [0.1, 0.15) is 4.75 Å². The SMILES string of the molecule is O=C(c1cccnc1)N1CC2(C1)[C@@H](COCC1CC1)CCS2(=O)=O. The maximum atomic E-state index is 12.6. The summed E-state index contributed by atoms with van der Waals surface area (Å²) in [7, 11) is -3.17. The number of amides is 1. The van der Waals surface area contributed by atoms with Gasteiger partial charge in [-0.2, -0.15) is 0 Å². The van der Waals surface area contributed by atoms with Gasteiger partial charge in [0, 0.05) is 38.0 Å². The van der Waals surface area contributed by atoms with Gasteiger partial charge >= 0.3 is 0 Å². The second kappa shape index (κ2) is 5.81. The summed E-state index contributed by atoms with van der Waals surface area (Å²) < 4.78 is 30.1. The Hall–Kier alpha value is -1.47. The average Bonchev–Trinajstić information content (AvgIpc) is 3.31. The van der Waals surface area contributed by atoms with Crippen molar-refractivity contribution in [2.45, 2.75) is 24.0 Å². The number of sulfone groups is 1. The largest absolute Gasteiger partial charge is 0.381 e. The Morgan fingerprint density at radius 1 is 1.29 bits per heavy atom. The van der Waals surface area contributed by atoms with Crippen LogP contribution in [0.4, 0.5) is 0 Å². The highest BCUT2D eigenvalue weighted by atomic mass is 32.2. The number of hydrogen-bond acceptors (Lipinski definition) is 5. The van der Waals surface area contributed by atoms with Gasteiger partial charge in [0.15, 0.2) is 9.84 Å². The van der Waals surface area contributed by atoms with Crippen LogP contribution in [0.25, 0.3) is 0 Å². The van der Waals surface area contributed by atoms with Crippen molar-refractivity contribution in [2.24, 2.45) is 11.8 Å². The molecule has 0 aromatic carbocycles. The first kappa shape index (κ1) is 16.0. The first-order valence-electron chi connectivity index (χ1n) is 8.51. The molecule has 7 heteroatoms. The molecule has 0 radical (unpaired) electrons. The van der Waals surface area contributed by atoms with Crippen molar-refractivity contribution in [1.29, 1.82) is 0 Å². The van der Waals surface area contributed by atoms with Gasteiger partial charge < -0.3 is 9.64 Å². The highest BCUT2D eigenvalue weighted by molar-refractivity contribution is 7.93. The van der Waals surface area contributed by atoms with E-state index in [4.69, 9.17) is 4.74 Å².